The standard InChI is InChI=1S/C15H18N2O4S/c1-4-10-7-11(9(2)17-14(10)18)12-5-6-13(22-12)21-15(19)16-8-20-3/h5-7H,4,8H2,1-3H3,(H,16,19)(H,17,18). The smallest absolute Gasteiger partial charge is 0.399 e. The van der Waals surface area contributed by atoms with Crippen LogP contribution in [0.2, 0.25) is 0 Å². The van der Waals surface area contributed by atoms with Crippen molar-refractivity contribution in [3.8, 4) is 15.5 Å². The summed E-state index contributed by atoms with van der Waals surface area (Å²) in [4.78, 5) is 27.0. The first-order chi connectivity index (χ1) is 10.5. The van der Waals surface area contributed by atoms with Gasteiger partial charge in [0, 0.05) is 28.8 Å². The van der Waals surface area contributed by atoms with Gasteiger partial charge in [-0.3, -0.25) is 10.1 Å². The third-order valence-electron chi connectivity index (χ3n) is 3.10. The summed E-state index contributed by atoms with van der Waals surface area (Å²) in [5.74, 6) is 0. The van der Waals surface area contributed by atoms with E-state index in [4.69, 9.17) is 9.47 Å². The quantitative estimate of drug-likeness (QED) is 0.829. The van der Waals surface area contributed by atoms with Crippen molar-refractivity contribution in [1.29, 1.82) is 0 Å². The van der Waals surface area contributed by atoms with Gasteiger partial charge in [0.25, 0.3) is 5.56 Å². The molecule has 1 amide bonds. The van der Waals surface area contributed by atoms with E-state index in [0.717, 1.165) is 21.7 Å². The van der Waals surface area contributed by atoms with Crippen molar-refractivity contribution in [2.75, 3.05) is 13.8 Å². The van der Waals surface area contributed by atoms with E-state index >= 15 is 0 Å². The van der Waals surface area contributed by atoms with Crippen molar-refractivity contribution >= 4 is 17.4 Å². The molecule has 22 heavy (non-hydrogen) atoms. The number of rotatable bonds is 5. The molecule has 0 saturated heterocycles. The van der Waals surface area contributed by atoms with Gasteiger partial charge in [0.15, 0.2) is 5.06 Å². The van der Waals surface area contributed by atoms with Crippen LogP contribution in [-0.2, 0) is 11.2 Å². The molecule has 0 radical (unpaired) electrons. The molecule has 0 aliphatic carbocycles. The highest BCUT2D eigenvalue weighted by Gasteiger charge is 2.11. The van der Waals surface area contributed by atoms with Crippen LogP contribution < -0.4 is 15.6 Å². The Morgan fingerprint density at radius 2 is 2.18 bits per heavy atom. The van der Waals surface area contributed by atoms with Crippen molar-refractivity contribution < 1.29 is 14.3 Å². The normalized spacial score (nSPS) is 10.5. The Bertz CT molecular complexity index is 721. The topological polar surface area (TPSA) is 80.4 Å². The average molecular weight is 322 g/mol. The van der Waals surface area contributed by atoms with Crippen molar-refractivity contribution in [2.45, 2.75) is 20.3 Å². The number of nitrogens with one attached hydrogen (secondary N) is 2. The van der Waals surface area contributed by atoms with Gasteiger partial charge in [0.2, 0.25) is 0 Å². The second-order valence-corrected chi connectivity index (χ2v) is 5.68. The van der Waals surface area contributed by atoms with Gasteiger partial charge in [-0.25, -0.2) is 4.79 Å². The number of carbonyl (C=O) groups excluding carboxylic acids is 1. The number of thiophene rings is 1. The summed E-state index contributed by atoms with van der Waals surface area (Å²) < 4.78 is 9.89. The lowest BCUT2D eigenvalue weighted by molar-refractivity contribution is 0.154. The Balaban J connectivity index is 2.21. The minimum absolute atomic E-state index is 0.0595. The van der Waals surface area contributed by atoms with Crippen LogP contribution in [0.5, 0.6) is 5.06 Å². The second-order valence-electron chi connectivity index (χ2n) is 4.63. The number of pyridine rings is 1. The van der Waals surface area contributed by atoms with Crippen LogP contribution in [0.1, 0.15) is 18.2 Å². The molecule has 0 spiro atoms. The monoisotopic (exact) mass is 322 g/mol. The fourth-order valence-electron chi connectivity index (χ4n) is 1.96. The number of aromatic amines is 1. The molecule has 2 N–H and O–H groups in total. The number of carbonyl (C=O) groups is 1. The first kappa shape index (κ1) is 16.3. The summed E-state index contributed by atoms with van der Waals surface area (Å²) in [6.07, 6.45) is 0.0965. The molecule has 0 aliphatic rings. The molecule has 6 nitrogen and oxygen atoms in total. The summed E-state index contributed by atoms with van der Waals surface area (Å²) in [6, 6.07) is 5.47. The molecule has 0 aromatic carbocycles. The van der Waals surface area contributed by atoms with E-state index in [-0.39, 0.29) is 12.3 Å². The molecule has 0 saturated carbocycles. The molecular weight excluding hydrogens is 304 g/mol. The Morgan fingerprint density at radius 1 is 1.41 bits per heavy atom. The summed E-state index contributed by atoms with van der Waals surface area (Å²) in [5, 5.41) is 2.92. The highest BCUT2D eigenvalue weighted by atomic mass is 32.1. The van der Waals surface area contributed by atoms with Crippen molar-refractivity contribution in [1.82, 2.24) is 10.3 Å². The number of aryl methyl sites for hydroxylation is 2. The summed E-state index contributed by atoms with van der Waals surface area (Å²) in [6.45, 7) is 3.88. The van der Waals surface area contributed by atoms with Crippen LogP contribution in [-0.4, -0.2) is 24.9 Å². The van der Waals surface area contributed by atoms with Crippen LogP contribution >= 0.6 is 11.3 Å². The highest BCUT2D eigenvalue weighted by Crippen LogP contribution is 2.34. The van der Waals surface area contributed by atoms with E-state index in [1.807, 2.05) is 26.0 Å². The lowest BCUT2D eigenvalue weighted by Crippen LogP contribution is -2.28. The van der Waals surface area contributed by atoms with E-state index in [1.54, 1.807) is 6.07 Å². The predicted molar refractivity (Wildman–Crippen MR) is 85.5 cm³/mol. The molecule has 118 valence electrons. The van der Waals surface area contributed by atoms with Gasteiger partial charge in [-0.1, -0.05) is 18.3 Å². The van der Waals surface area contributed by atoms with Gasteiger partial charge >= 0.3 is 6.09 Å². The molecule has 0 atom stereocenters. The molecule has 0 unspecified atom stereocenters. The molecule has 7 heteroatoms. The summed E-state index contributed by atoms with van der Waals surface area (Å²) in [7, 11) is 1.48. The maximum absolute atomic E-state index is 11.8. The lowest BCUT2D eigenvalue weighted by Gasteiger charge is -2.06. The van der Waals surface area contributed by atoms with E-state index in [9.17, 15) is 9.59 Å². The molecule has 2 aromatic rings. The first-order valence-electron chi connectivity index (χ1n) is 6.82. The third-order valence-corrected chi connectivity index (χ3v) is 4.09. The number of amides is 1. The summed E-state index contributed by atoms with van der Waals surface area (Å²) >= 11 is 1.34. The maximum atomic E-state index is 11.8. The number of ether oxygens (including phenoxy) is 2. The molecule has 2 heterocycles. The Kier molecular flexibility index (Phi) is 5.35. The fraction of sp³-hybridized carbons (Fsp3) is 0.333. The average Bonchev–Trinajstić information content (AvgIpc) is 2.93. The van der Waals surface area contributed by atoms with E-state index in [2.05, 4.69) is 10.3 Å². The second kappa shape index (κ2) is 7.24. The van der Waals surface area contributed by atoms with Crippen molar-refractivity contribution in [2.24, 2.45) is 0 Å². The van der Waals surface area contributed by atoms with Gasteiger partial charge in [-0.2, -0.15) is 0 Å². The predicted octanol–water partition coefficient (Wildman–Crippen LogP) is 2.67. The van der Waals surface area contributed by atoms with Gasteiger partial charge in [-0.15, -0.1) is 0 Å². The largest absolute Gasteiger partial charge is 0.415 e. The molecule has 2 aromatic heterocycles. The number of hydrogen-bond donors (Lipinski definition) is 2. The zero-order chi connectivity index (χ0) is 16.1. The van der Waals surface area contributed by atoms with Gasteiger partial charge in [0.1, 0.15) is 6.73 Å². The Labute approximate surface area is 132 Å². The fourth-order valence-corrected chi connectivity index (χ4v) is 2.89. The molecule has 0 aliphatic heterocycles. The van der Waals surface area contributed by atoms with Crippen molar-refractivity contribution in [3.63, 3.8) is 0 Å². The number of methoxy groups -OCH3 is 1. The van der Waals surface area contributed by atoms with E-state index in [1.165, 1.54) is 18.4 Å². The summed E-state index contributed by atoms with van der Waals surface area (Å²) in [5.41, 5.74) is 2.40. The van der Waals surface area contributed by atoms with E-state index < -0.39 is 6.09 Å². The van der Waals surface area contributed by atoms with Gasteiger partial charge in [0.05, 0.1) is 0 Å². The number of hydrogen-bond acceptors (Lipinski definition) is 5. The zero-order valence-electron chi connectivity index (χ0n) is 12.7. The van der Waals surface area contributed by atoms with Crippen molar-refractivity contribution in [3.05, 3.63) is 39.8 Å². The number of H-pyrrole nitrogens is 1. The van der Waals surface area contributed by atoms with Crippen LogP contribution in [0.4, 0.5) is 4.79 Å². The zero-order valence-corrected chi connectivity index (χ0v) is 13.5. The van der Waals surface area contributed by atoms with Gasteiger partial charge < -0.3 is 14.5 Å². The lowest BCUT2D eigenvalue weighted by atomic mass is 10.1. The molecule has 0 bridgehead atoms. The van der Waals surface area contributed by atoms with Crippen LogP contribution in [0.25, 0.3) is 10.4 Å². The van der Waals surface area contributed by atoms with Crippen LogP contribution in [0.3, 0.4) is 0 Å². The number of aromatic nitrogens is 1. The minimum atomic E-state index is -0.567. The Morgan fingerprint density at radius 3 is 2.86 bits per heavy atom. The minimum Gasteiger partial charge on any atom is -0.399 e. The maximum Gasteiger partial charge on any atom is 0.415 e. The van der Waals surface area contributed by atoms with Gasteiger partial charge in [-0.05, 0) is 31.5 Å². The van der Waals surface area contributed by atoms with Crippen LogP contribution in [0, 0.1) is 6.92 Å². The van der Waals surface area contributed by atoms with Crippen LogP contribution in [0.15, 0.2) is 23.0 Å². The molecule has 2 rings (SSSR count). The molecule has 0 fully saturated rings. The SMILES string of the molecule is CCc1cc(-c2ccc(OC(=O)NCOC)s2)c(C)[nH]c1=O. The third kappa shape index (κ3) is 3.75. The molecular formula is C15H18N2O4S. The highest BCUT2D eigenvalue weighted by molar-refractivity contribution is 7.17. The van der Waals surface area contributed by atoms with E-state index in [0.29, 0.717) is 11.5 Å². The Hall–Kier alpha value is -2.12. The first-order valence-corrected chi connectivity index (χ1v) is 7.64.